The van der Waals surface area contributed by atoms with Crippen molar-refractivity contribution in [3.8, 4) is 0 Å². The number of benzene rings is 2. The third kappa shape index (κ3) is 4.11. The van der Waals surface area contributed by atoms with Gasteiger partial charge in [-0.2, -0.15) is 0 Å². The predicted molar refractivity (Wildman–Crippen MR) is 128 cm³/mol. The molecule has 3 saturated heterocycles. The molecule has 0 N–H and O–H groups in total. The van der Waals surface area contributed by atoms with E-state index in [4.69, 9.17) is 4.74 Å². The minimum Gasteiger partial charge on any atom is -0.453 e. The van der Waals surface area contributed by atoms with Crippen molar-refractivity contribution in [3.63, 3.8) is 0 Å². The molecule has 5 atom stereocenters. The SMILES string of the molecule is C=CC1CN2CCC1CC2C(OC(=O)/C=C/c1ccccc1)c1ccnc2ccccc12. The molecule has 3 aliphatic heterocycles. The second-order valence-electron chi connectivity index (χ2n) is 8.77. The minimum absolute atomic E-state index is 0.157. The number of piperidine rings is 3. The quantitative estimate of drug-likeness (QED) is 0.301. The Morgan fingerprint density at radius 1 is 1.12 bits per heavy atom. The van der Waals surface area contributed by atoms with Gasteiger partial charge in [0.15, 0.2) is 0 Å². The Kier molecular flexibility index (Phi) is 5.87. The second kappa shape index (κ2) is 9.09. The van der Waals surface area contributed by atoms with Gasteiger partial charge in [-0.05, 0) is 55.0 Å². The van der Waals surface area contributed by atoms with Gasteiger partial charge in [-0.3, -0.25) is 9.88 Å². The van der Waals surface area contributed by atoms with E-state index in [1.54, 1.807) is 0 Å². The lowest BCUT2D eigenvalue weighted by atomic mass is 9.73. The molecule has 4 heteroatoms. The standard InChI is InChI=1S/C28H28N2O2/c1-2-21-19-30-17-15-22(21)18-26(30)28(24-14-16-29-25-11-7-6-10-23(24)25)32-27(31)13-12-20-8-4-3-5-9-20/h2-14,16,21-22,26,28H,1,15,17-19H2/b13-12+. The number of rotatable bonds is 6. The van der Waals surface area contributed by atoms with Crippen LogP contribution in [0.25, 0.3) is 17.0 Å². The number of nitrogens with zero attached hydrogens (tertiary/aromatic N) is 2. The number of aromatic nitrogens is 1. The van der Waals surface area contributed by atoms with Gasteiger partial charge in [0.25, 0.3) is 0 Å². The van der Waals surface area contributed by atoms with Gasteiger partial charge < -0.3 is 4.74 Å². The number of hydrogen-bond acceptors (Lipinski definition) is 4. The zero-order valence-corrected chi connectivity index (χ0v) is 18.1. The summed E-state index contributed by atoms with van der Waals surface area (Å²) in [5.41, 5.74) is 2.93. The largest absolute Gasteiger partial charge is 0.453 e. The predicted octanol–water partition coefficient (Wildman–Crippen LogP) is 5.43. The number of para-hydroxylation sites is 1. The summed E-state index contributed by atoms with van der Waals surface area (Å²) < 4.78 is 6.21. The van der Waals surface area contributed by atoms with E-state index < -0.39 is 0 Å². The first-order chi connectivity index (χ1) is 15.7. The fourth-order valence-corrected chi connectivity index (χ4v) is 5.30. The van der Waals surface area contributed by atoms with Gasteiger partial charge in [-0.15, -0.1) is 6.58 Å². The summed E-state index contributed by atoms with van der Waals surface area (Å²) in [4.78, 5) is 19.9. The first-order valence-electron chi connectivity index (χ1n) is 11.4. The highest BCUT2D eigenvalue weighted by molar-refractivity contribution is 5.88. The Morgan fingerprint density at radius 3 is 2.72 bits per heavy atom. The van der Waals surface area contributed by atoms with Crippen molar-refractivity contribution >= 4 is 22.9 Å². The first-order valence-corrected chi connectivity index (χ1v) is 11.4. The lowest BCUT2D eigenvalue weighted by molar-refractivity contribution is -0.151. The molecule has 3 aliphatic rings. The lowest BCUT2D eigenvalue weighted by Gasteiger charge is -2.51. The Hall–Kier alpha value is -3.24. The van der Waals surface area contributed by atoms with Crippen LogP contribution in [0.2, 0.25) is 0 Å². The number of fused-ring (bicyclic) bond motifs is 4. The van der Waals surface area contributed by atoms with Crippen LogP contribution in [-0.2, 0) is 9.53 Å². The third-order valence-corrected chi connectivity index (χ3v) is 6.95. The molecule has 5 unspecified atom stereocenters. The van der Waals surface area contributed by atoms with Crippen molar-refractivity contribution in [1.82, 2.24) is 9.88 Å². The summed E-state index contributed by atoms with van der Waals surface area (Å²) in [6.07, 6.45) is 9.11. The van der Waals surface area contributed by atoms with Crippen LogP contribution in [-0.4, -0.2) is 35.0 Å². The number of esters is 1. The first kappa shape index (κ1) is 20.7. The maximum absolute atomic E-state index is 12.9. The average molecular weight is 425 g/mol. The molecule has 2 aromatic carbocycles. The Labute approximate surface area is 189 Å². The molecule has 0 radical (unpaired) electrons. The number of ether oxygens (including phenoxy) is 1. The molecule has 4 heterocycles. The summed E-state index contributed by atoms with van der Waals surface area (Å²) in [6.45, 7) is 6.06. The zero-order chi connectivity index (χ0) is 21.9. The fraction of sp³-hybridized carbons (Fsp3) is 0.286. The molecule has 3 fully saturated rings. The highest BCUT2D eigenvalue weighted by Gasteiger charge is 2.44. The molecule has 4 nitrogen and oxygen atoms in total. The van der Waals surface area contributed by atoms with Crippen LogP contribution in [0, 0.1) is 11.8 Å². The minimum atomic E-state index is -0.343. The van der Waals surface area contributed by atoms with Gasteiger partial charge in [0.05, 0.1) is 11.6 Å². The second-order valence-corrected chi connectivity index (χ2v) is 8.77. The Bertz CT molecular complexity index is 1140. The molecular weight excluding hydrogens is 396 g/mol. The maximum Gasteiger partial charge on any atom is 0.331 e. The molecule has 6 rings (SSSR count). The number of pyridine rings is 1. The van der Waals surface area contributed by atoms with E-state index in [-0.39, 0.29) is 18.1 Å². The molecule has 0 aliphatic carbocycles. The van der Waals surface area contributed by atoms with Crippen molar-refractivity contribution < 1.29 is 9.53 Å². The molecule has 32 heavy (non-hydrogen) atoms. The average Bonchev–Trinajstić information content (AvgIpc) is 2.86. The topological polar surface area (TPSA) is 42.4 Å². The number of carbonyl (C=O) groups excluding carboxylic acids is 1. The van der Waals surface area contributed by atoms with Crippen LogP contribution in [0.1, 0.15) is 30.1 Å². The number of hydrogen-bond donors (Lipinski definition) is 0. The van der Waals surface area contributed by atoms with Gasteiger partial charge >= 0.3 is 5.97 Å². The lowest BCUT2D eigenvalue weighted by Crippen LogP contribution is -2.55. The summed E-state index contributed by atoms with van der Waals surface area (Å²) in [6, 6.07) is 20.1. The maximum atomic E-state index is 12.9. The van der Waals surface area contributed by atoms with Gasteiger partial charge in [0.1, 0.15) is 6.10 Å². The smallest absolute Gasteiger partial charge is 0.331 e. The van der Waals surface area contributed by atoms with E-state index in [1.165, 1.54) is 12.5 Å². The molecule has 2 bridgehead atoms. The molecule has 0 saturated carbocycles. The molecular formula is C28H28N2O2. The summed E-state index contributed by atoms with van der Waals surface area (Å²) in [5, 5.41) is 1.04. The molecule has 1 aromatic heterocycles. The zero-order valence-electron chi connectivity index (χ0n) is 18.1. The van der Waals surface area contributed by atoms with Gasteiger partial charge in [-0.1, -0.05) is 54.6 Å². The van der Waals surface area contributed by atoms with Gasteiger partial charge in [-0.25, -0.2) is 4.79 Å². The van der Waals surface area contributed by atoms with E-state index in [0.29, 0.717) is 11.8 Å². The van der Waals surface area contributed by atoms with Crippen LogP contribution in [0.5, 0.6) is 0 Å². The molecule has 0 amide bonds. The van der Waals surface area contributed by atoms with Gasteiger partial charge in [0.2, 0.25) is 0 Å². The van der Waals surface area contributed by atoms with Crippen molar-refractivity contribution in [3.05, 3.63) is 96.7 Å². The van der Waals surface area contributed by atoms with Crippen LogP contribution < -0.4 is 0 Å². The van der Waals surface area contributed by atoms with Crippen molar-refractivity contribution in [2.24, 2.45) is 11.8 Å². The molecule has 162 valence electrons. The van der Waals surface area contributed by atoms with E-state index in [9.17, 15) is 4.79 Å². The van der Waals surface area contributed by atoms with Crippen molar-refractivity contribution in [1.29, 1.82) is 0 Å². The third-order valence-electron chi connectivity index (χ3n) is 6.95. The van der Waals surface area contributed by atoms with Crippen molar-refractivity contribution in [2.75, 3.05) is 13.1 Å². The monoisotopic (exact) mass is 424 g/mol. The summed E-state index contributed by atoms with van der Waals surface area (Å²) in [5.74, 6) is 0.794. The van der Waals surface area contributed by atoms with E-state index in [1.807, 2.05) is 66.9 Å². The van der Waals surface area contributed by atoms with Gasteiger partial charge in [0, 0.05) is 29.8 Å². The van der Waals surface area contributed by atoms with Crippen molar-refractivity contribution in [2.45, 2.75) is 25.0 Å². The van der Waals surface area contributed by atoms with Crippen LogP contribution in [0.15, 0.2) is 85.6 Å². The summed E-state index contributed by atoms with van der Waals surface area (Å²) in [7, 11) is 0. The van der Waals surface area contributed by atoms with E-state index >= 15 is 0 Å². The van der Waals surface area contributed by atoms with Crippen LogP contribution in [0.4, 0.5) is 0 Å². The molecule has 3 aromatic rings. The Balaban J connectivity index is 1.47. The van der Waals surface area contributed by atoms with E-state index in [2.05, 4.69) is 28.6 Å². The summed E-state index contributed by atoms with van der Waals surface area (Å²) >= 11 is 0. The normalized spacial score (nSPS) is 25.6. The Morgan fingerprint density at radius 2 is 1.94 bits per heavy atom. The molecule has 0 spiro atoms. The number of carbonyl (C=O) groups is 1. The van der Waals surface area contributed by atoms with Crippen LogP contribution in [0.3, 0.4) is 0 Å². The highest BCUT2D eigenvalue weighted by atomic mass is 16.5. The van der Waals surface area contributed by atoms with Crippen LogP contribution >= 0.6 is 0 Å². The fourth-order valence-electron chi connectivity index (χ4n) is 5.30. The highest BCUT2D eigenvalue weighted by Crippen LogP contribution is 2.43. The van der Waals surface area contributed by atoms with E-state index in [0.717, 1.165) is 41.5 Å².